The first-order valence-corrected chi connectivity index (χ1v) is 6.14. The van der Waals surface area contributed by atoms with Gasteiger partial charge in [0.15, 0.2) is 0 Å². The lowest BCUT2D eigenvalue weighted by atomic mass is 9.99. The molecule has 17 heavy (non-hydrogen) atoms. The lowest BCUT2D eigenvalue weighted by molar-refractivity contribution is 1.05. The average Bonchev–Trinajstić information content (AvgIpc) is 2.58. The van der Waals surface area contributed by atoms with E-state index in [0.717, 1.165) is 12.1 Å². The molecule has 0 amide bonds. The Kier molecular flexibility index (Phi) is 2.12. The SMILES string of the molecule is Cc1cc(C)c2c(c1)-c1cc(C)c(C)nc1C2. The number of fused-ring (bicyclic) bond motifs is 3. The van der Waals surface area contributed by atoms with E-state index in [4.69, 9.17) is 4.98 Å². The van der Waals surface area contributed by atoms with Gasteiger partial charge in [0, 0.05) is 17.7 Å². The Bertz CT molecular complexity index is 624. The van der Waals surface area contributed by atoms with Crippen LogP contribution in [0.25, 0.3) is 11.1 Å². The molecule has 1 heterocycles. The summed E-state index contributed by atoms with van der Waals surface area (Å²) in [6, 6.07) is 6.86. The van der Waals surface area contributed by atoms with Crippen LogP contribution in [0.15, 0.2) is 18.2 Å². The predicted octanol–water partition coefficient (Wildman–Crippen LogP) is 3.89. The van der Waals surface area contributed by atoms with Crippen molar-refractivity contribution in [2.24, 2.45) is 0 Å². The van der Waals surface area contributed by atoms with Crippen molar-refractivity contribution in [2.75, 3.05) is 0 Å². The van der Waals surface area contributed by atoms with Gasteiger partial charge in [-0.15, -0.1) is 0 Å². The molecule has 0 N–H and O–H groups in total. The number of nitrogens with zero attached hydrogens (tertiary/aromatic N) is 1. The molecular formula is C16H17N. The van der Waals surface area contributed by atoms with E-state index < -0.39 is 0 Å². The summed E-state index contributed by atoms with van der Waals surface area (Å²) in [5.74, 6) is 0. The smallest absolute Gasteiger partial charge is 0.0529 e. The van der Waals surface area contributed by atoms with Gasteiger partial charge in [0.25, 0.3) is 0 Å². The maximum atomic E-state index is 4.74. The van der Waals surface area contributed by atoms with E-state index in [0.29, 0.717) is 0 Å². The fourth-order valence-corrected chi connectivity index (χ4v) is 2.76. The van der Waals surface area contributed by atoms with E-state index in [9.17, 15) is 0 Å². The average molecular weight is 223 g/mol. The molecule has 2 aromatic rings. The molecule has 1 heteroatoms. The van der Waals surface area contributed by atoms with Crippen molar-refractivity contribution in [1.82, 2.24) is 4.98 Å². The molecule has 1 aliphatic carbocycles. The summed E-state index contributed by atoms with van der Waals surface area (Å²) in [5, 5.41) is 0. The normalized spacial score (nSPS) is 12.5. The monoisotopic (exact) mass is 223 g/mol. The van der Waals surface area contributed by atoms with Gasteiger partial charge in [-0.3, -0.25) is 4.98 Å². The minimum Gasteiger partial charge on any atom is -0.257 e. The second kappa shape index (κ2) is 3.43. The largest absolute Gasteiger partial charge is 0.257 e. The highest BCUT2D eigenvalue weighted by atomic mass is 14.7. The molecule has 0 fully saturated rings. The Morgan fingerprint density at radius 1 is 0.882 bits per heavy atom. The van der Waals surface area contributed by atoms with Crippen LogP contribution in [0.1, 0.15) is 33.6 Å². The molecule has 0 atom stereocenters. The van der Waals surface area contributed by atoms with E-state index in [-0.39, 0.29) is 0 Å². The molecule has 0 unspecified atom stereocenters. The molecule has 0 saturated carbocycles. The summed E-state index contributed by atoms with van der Waals surface area (Å²) >= 11 is 0. The Hall–Kier alpha value is -1.63. The van der Waals surface area contributed by atoms with Crippen LogP contribution in [-0.2, 0) is 6.42 Å². The number of hydrogen-bond donors (Lipinski definition) is 0. The highest BCUT2D eigenvalue weighted by Gasteiger charge is 2.22. The van der Waals surface area contributed by atoms with Crippen molar-refractivity contribution in [3.63, 3.8) is 0 Å². The zero-order chi connectivity index (χ0) is 12.2. The van der Waals surface area contributed by atoms with Gasteiger partial charge in [-0.2, -0.15) is 0 Å². The molecule has 1 aromatic carbocycles. The fraction of sp³-hybridized carbons (Fsp3) is 0.312. The fourth-order valence-electron chi connectivity index (χ4n) is 2.76. The van der Waals surface area contributed by atoms with Gasteiger partial charge < -0.3 is 0 Å². The van der Waals surface area contributed by atoms with Crippen molar-refractivity contribution in [2.45, 2.75) is 34.1 Å². The molecule has 86 valence electrons. The highest BCUT2D eigenvalue weighted by molar-refractivity contribution is 5.77. The molecule has 0 saturated heterocycles. The van der Waals surface area contributed by atoms with Gasteiger partial charge in [0.1, 0.15) is 0 Å². The first-order valence-electron chi connectivity index (χ1n) is 6.14. The number of benzene rings is 1. The van der Waals surface area contributed by atoms with Gasteiger partial charge in [0.05, 0.1) is 5.69 Å². The summed E-state index contributed by atoms with van der Waals surface area (Å²) in [6.45, 7) is 8.61. The third-order valence-electron chi connectivity index (χ3n) is 3.80. The topological polar surface area (TPSA) is 12.9 Å². The van der Waals surface area contributed by atoms with Gasteiger partial charge in [0.2, 0.25) is 0 Å². The Balaban J connectivity index is 2.30. The van der Waals surface area contributed by atoms with Gasteiger partial charge in [-0.1, -0.05) is 17.7 Å². The second-order valence-electron chi connectivity index (χ2n) is 5.17. The second-order valence-corrected chi connectivity index (χ2v) is 5.17. The molecule has 1 aromatic heterocycles. The number of aromatic nitrogens is 1. The number of hydrogen-bond acceptors (Lipinski definition) is 1. The molecule has 0 radical (unpaired) electrons. The van der Waals surface area contributed by atoms with Crippen LogP contribution in [0.5, 0.6) is 0 Å². The first kappa shape index (κ1) is 10.5. The van der Waals surface area contributed by atoms with Crippen LogP contribution < -0.4 is 0 Å². The van der Waals surface area contributed by atoms with Crippen LogP contribution in [0.3, 0.4) is 0 Å². The van der Waals surface area contributed by atoms with E-state index >= 15 is 0 Å². The minimum absolute atomic E-state index is 0.998. The molecule has 1 aliphatic rings. The third-order valence-corrected chi connectivity index (χ3v) is 3.80. The van der Waals surface area contributed by atoms with Gasteiger partial charge >= 0.3 is 0 Å². The van der Waals surface area contributed by atoms with Crippen LogP contribution in [0.4, 0.5) is 0 Å². The van der Waals surface area contributed by atoms with Crippen molar-refractivity contribution in [3.05, 3.63) is 51.8 Å². The number of rotatable bonds is 0. The molecule has 0 bridgehead atoms. The maximum Gasteiger partial charge on any atom is 0.0529 e. The molecule has 0 spiro atoms. The molecule has 3 rings (SSSR count). The van der Waals surface area contributed by atoms with Crippen molar-refractivity contribution in [3.8, 4) is 11.1 Å². The predicted molar refractivity (Wildman–Crippen MR) is 71.4 cm³/mol. The highest BCUT2D eigenvalue weighted by Crippen LogP contribution is 2.38. The summed E-state index contributed by atoms with van der Waals surface area (Å²) < 4.78 is 0. The zero-order valence-corrected chi connectivity index (χ0v) is 10.9. The van der Waals surface area contributed by atoms with Gasteiger partial charge in [-0.25, -0.2) is 0 Å². The lowest BCUT2D eigenvalue weighted by Gasteiger charge is -2.07. The summed E-state index contributed by atoms with van der Waals surface area (Å²) in [4.78, 5) is 4.74. The van der Waals surface area contributed by atoms with Crippen molar-refractivity contribution >= 4 is 0 Å². The maximum absolute atomic E-state index is 4.74. The summed E-state index contributed by atoms with van der Waals surface area (Å²) in [5.41, 5.74) is 10.6. The zero-order valence-electron chi connectivity index (χ0n) is 10.9. The molecular weight excluding hydrogens is 206 g/mol. The minimum atomic E-state index is 0.998. The van der Waals surface area contributed by atoms with E-state index in [1.165, 1.54) is 39.1 Å². The standard InChI is InChI=1S/C16H17N/c1-9-5-11(3)13-8-16-15(14(13)6-9)7-10(2)12(4)17-16/h5-7H,8H2,1-4H3. The Labute approximate surface area is 103 Å². The Morgan fingerprint density at radius 3 is 2.41 bits per heavy atom. The van der Waals surface area contributed by atoms with Crippen molar-refractivity contribution < 1.29 is 0 Å². The quantitative estimate of drug-likeness (QED) is 0.563. The Morgan fingerprint density at radius 2 is 1.65 bits per heavy atom. The third kappa shape index (κ3) is 1.49. The lowest BCUT2D eigenvalue weighted by Crippen LogP contribution is -1.93. The van der Waals surface area contributed by atoms with Gasteiger partial charge in [-0.05, 0) is 56.0 Å². The van der Waals surface area contributed by atoms with E-state index in [1.807, 2.05) is 0 Å². The summed E-state index contributed by atoms with van der Waals surface area (Å²) in [7, 11) is 0. The van der Waals surface area contributed by atoms with E-state index in [2.05, 4.69) is 45.9 Å². The van der Waals surface area contributed by atoms with Crippen LogP contribution >= 0.6 is 0 Å². The summed E-state index contributed by atoms with van der Waals surface area (Å²) in [6.07, 6.45) is 0.998. The molecule has 0 aliphatic heterocycles. The molecule has 1 nitrogen and oxygen atoms in total. The van der Waals surface area contributed by atoms with Crippen molar-refractivity contribution in [1.29, 1.82) is 0 Å². The van der Waals surface area contributed by atoms with E-state index in [1.54, 1.807) is 0 Å². The number of aryl methyl sites for hydroxylation is 4. The van der Waals surface area contributed by atoms with Crippen LogP contribution in [0.2, 0.25) is 0 Å². The van der Waals surface area contributed by atoms with Crippen LogP contribution in [0, 0.1) is 27.7 Å². The van der Waals surface area contributed by atoms with Crippen LogP contribution in [-0.4, -0.2) is 4.98 Å². The number of pyridine rings is 1. The first-order chi connectivity index (χ1) is 8.06.